The Morgan fingerprint density at radius 3 is 2.88 bits per heavy atom. The molecule has 0 radical (unpaired) electrons. The van der Waals surface area contributed by atoms with E-state index in [1.165, 1.54) is 17.4 Å². The quantitative estimate of drug-likeness (QED) is 0.945. The molecule has 1 aromatic heterocycles. The Bertz CT molecular complexity index is 544. The number of thiazole rings is 1. The monoisotopic (exact) mass is 314 g/mol. The number of rotatable bonds is 3. The van der Waals surface area contributed by atoms with Crippen molar-refractivity contribution in [2.75, 3.05) is 5.32 Å². The molecule has 1 heterocycles. The average molecular weight is 315 g/mol. The van der Waals surface area contributed by atoms with Crippen LogP contribution in [0.1, 0.15) is 5.56 Å². The molecule has 0 saturated carbocycles. The summed E-state index contributed by atoms with van der Waals surface area (Å²) >= 11 is 4.56. The summed E-state index contributed by atoms with van der Waals surface area (Å²) in [7, 11) is 0. The highest BCUT2D eigenvalue weighted by Crippen LogP contribution is 2.23. The van der Waals surface area contributed by atoms with Gasteiger partial charge >= 0.3 is 0 Å². The molecule has 0 spiro atoms. The van der Waals surface area contributed by atoms with Gasteiger partial charge in [0, 0.05) is 0 Å². The topological polar surface area (TPSA) is 42.0 Å². The van der Waals surface area contributed by atoms with Crippen LogP contribution in [-0.2, 0) is 11.2 Å². The zero-order valence-corrected chi connectivity index (χ0v) is 11.0. The van der Waals surface area contributed by atoms with E-state index in [0.29, 0.717) is 10.7 Å². The van der Waals surface area contributed by atoms with E-state index in [-0.39, 0.29) is 18.1 Å². The van der Waals surface area contributed by atoms with Crippen molar-refractivity contribution in [2.24, 2.45) is 0 Å². The molecule has 1 N–H and O–H groups in total. The van der Waals surface area contributed by atoms with Crippen LogP contribution in [0.3, 0.4) is 0 Å². The predicted octanol–water partition coefficient (Wildman–Crippen LogP) is 3.23. The van der Waals surface area contributed by atoms with E-state index in [4.69, 9.17) is 0 Å². The van der Waals surface area contributed by atoms with Gasteiger partial charge in [-0.2, -0.15) is 0 Å². The summed E-state index contributed by atoms with van der Waals surface area (Å²) in [6.45, 7) is 0. The third kappa shape index (κ3) is 3.34. The molecule has 0 saturated heterocycles. The van der Waals surface area contributed by atoms with Gasteiger partial charge in [0.25, 0.3) is 0 Å². The number of aromatic nitrogens is 1. The molecule has 1 aromatic carbocycles. The van der Waals surface area contributed by atoms with E-state index < -0.39 is 0 Å². The van der Waals surface area contributed by atoms with Crippen molar-refractivity contribution < 1.29 is 9.18 Å². The molecule has 88 valence electrons. The van der Waals surface area contributed by atoms with Crippen LogP contribution in [0, 0.1) is 5.82 Å². The molecule has 1 amide bonds. The third-order valence-corrected chi connectivity index (χ3v) is 3.42. The maximum atomic E-state index is 13.3. The summed E-state index contributed by atoms with van der Waals surface area (Å²) in [6, 6.07) is 6.22. The minimum absolute atomic E-state index is 0.00384. The number of anilines is 1. The van der Waals surface area contributed by atoms with Crippen molar-refractivity contribution in [3.8, 4) is 0 Å². The number of hydrogen-bond donors (Lipinski definition) is 1. The van der Waals surface area contributed by atoms with Crippen molar-refractivity contribution in [1.82, 2.24) is 4.98 Å². The van der Waals surface area contributed by atoms with Crippen molar-refractivity contribution in [3.05, 3.63) is 45.6 Å². The van der Waals surface area contributed by atoms with E-state index in [9.17, 15) is 9.18 Å². The van der Waals surface area contributed by atoms with E-state index in [0.717, 1.165) is 3.79 Å². The van der Waals surface area contributed by atoms with Crippen LogP contribution < -0.4 is 5.32 Å². The first-order valence-corrected chi connectivity index (χ1v) is 6.40. The number of halogens is 2. The second kappa shape index (κ2) is 5.37. The van der Waals surface area contributed by atoms with E-state index in [1.54, 1.807) is 24.4 Å². The Hall–Kier alpha value is -1.27. The molecule has 2 rings (SSSR count). The summed E-state index contributed by atoms with van der Waals surface area (Å²) in [5.41, 5.74) is 0.376. The standard InChI is InChI=1S/C11H8BrFN2OS/c12-9-6-14-11(17-9)15-10(16)5-7-3-1-2-4-8(7)13/h1-4,6H,5H2,(H,14,15,16). The molecule has 2 aromatic rings. The molecule has 0 unspecified atom stereocenters. The van der Waals surface area contributed by atoms with Crippen LogP contribution in [-0.4, -0.2) is 10.9 Å². The van der Waals surface area contributed by atoms with Gasteiger partial charge in [0.1, 0.15) is 5.82 Å². The van der Waals surface area contributed by atoms with Crippen LogP contribution in [0.25, 0.3) is 0 Å². The Balaban J connectivity index is 2.01. The fourth-order valence-corrected chi connectivity index (χ4v) is 2.41. The molecule has 0 aliphatic rings. The maximum Gasteiger partial charge on any atom is 0.230 e. The lowest BCUT2D eigenvalue weighted by Crippen LogP contribution is -2.14. The molecular weight excluding hydrogens is 307 g/mol. The largest absolute Gasteiger partial charge is 0.302 e. The van der Waals surface area contributed by atoms with Gasteiger partial charge in [-0.25, -0.2) is 9.37 Å². The zero-order valence-electron chi connectivity index (χ0n) is 8.61. The second-order valence-electron chi connectivity index (χ2n) is 3.29. The fourth-order valence-electron chi connectivity index (χ4n) is 1.29. The van der Waals surface area contributed by atoms with Gasteiger partial charge in [-0.3, -0.25) is 4.79 Å². The Kier molecular flexibility index (Phi) is 3.86. The Labute approximate surface area is 110 Å². The maximum absolute atomic E-state index is 13.3. The van der Waals surface area contributed by atoms with Crippen molar-refractivity contribution >= 4 is 38.3 Å². The van der Waals surface area contributed by atoms with Crippen LogP contribution >= 0.6 is 27.3 Å². The van der Waals surface area contributed by atoms with Crippen LogP contribution in [0.4, 0.5) is 9.52 Å². The fraction of sp³-hybridized carbons (Fsp3) is 0.0909. The molecule has 0 fully saturated rings. The van der Waals surface area contributed by atoms with E-state index in [2.05, 4.69) is 26.2 Å². The third-order valence-electron chi connectivity index (χ3n) is 2.03. The number of benzene rings is 1. The molecule has 0 aliphatic carbocycles. The minimum atomic E-state index is -0.372. The van der Waals surface area contributed by atoms with Crippen molar-refractivity contribution in [1.29, 1.82) is 0 Å². The van der Waals surface area contributed by atoms with Gasteiger partial charge in [-0.1, -0.05) is 29.5 Å². The molecule has 0 atom stereocenters. The van der Waals surface area contributed by atoms with E-state index >= 15 is 0 Å². The van der Waals surface area contributed by atoms with Gasteiger partial charge < -0.3 is 5.32 Å². The second-order valence-corrected chi connectivity index (χ2v) is 5.70. The van der Waals surface area contributed by atoms with Gasteiger partial charge in [0.15, 0.2) is 5.13 Å². The first-order valence-electron chi connectivity index (χ1n) is 4.80. The van der Waals surface area contributed by atoms with Crippen molar-refractivity contribution in [2.45, 2.75) is 6.42 Å². The number of nitrogens with one attached hydrogen (secondary N) is 1. The molecular formula is C11H8BrFN2OS. The molecule has 6 heteroatoms. The highest BCUT2D eigenvalue weighted by molar-refractivity contribution is 9.11. The lowest BCUT2D eigenvalue weighted by Gasteiger charge is -2.02. The summed E-state index contributed by atoms with van der Waals surface area (Å²) in [5, 5.41) is 3.11. The highest BCUT2D eigenvalue weighted by Gasteiger charge is 2.09. The highest BCUT2D eigenvalue weighted by atomic mass is 79.9. The van der Waals surface area contributed by atoms with Gasteiger partial charge in [-0.15, -0.1) is 0 Å². The van der Waals surface area contributed by atoms with Crippen LogP contribution in [0.15, 0.2) is 34.2 Å². The van der Waals surface area contributed by atoms with Gasteiger partial charge in [0.05, 0.1) is 16.4 Å². The lowest BCUT2D eigenvalue weighted by atomic mass is 10.1. The first kappa shape index (κ1) is 12.2. The summed E-state index contributed by atoms with van der Waals surface area (Å²) in [5.74, 6) is -0.653. The van der Waals surface area contributed by atoms with Crippen LogP contribution in [0.5, 0.6) is 0 Å². The summed E-state index contributed by atoms with van der Waals surface area (Å²) in [6.07, 6.45) is 1.60. The number of amides is 1. The number of carbonyl (C=O) groups excluding carboxylic acids is 1. The van der Waals surface area contributed by atoms with Gasteiger partial charge in [-0.05, 0) is 27.6 Å². The van der Waals surface area contributed by atoms with E-state index in [1.807, 2.05) is 0 Å². The lowest BCUT2D eigenvalue weighted by molar-refractivity contribution is -0.115. The normalized spacial score (nSPS) is 10.2. The number of nitrogens with zero attached hydrogens (tertiary/aromatic N) is 1. The van der Waals surface area contributed by atoms with Crippen LogP contribution in [0.2, 0.25) is 0 Å². The summed E-state index contributed by atoms with van der Waals surface area (Å²) in [4.78, 5) is 15.6. The minimum Gasteiger partial charge on any atom is -0.302 e. The molecule has 3 nitrogen and oxygen atoms in total. The molecule has 17 heavy (non-hydrogen) atoms. The molecule has 0 aliphatic heterocycles. The Morgan fingerprint density at radius 2 is 2.24 bits per heavy atom. The smallest absolute Gasteiger partial charge is 0.230 e. The number of carbonyl (C=O) groups is 1. The average Bonchev–Trinajstić information content (AvgIpc) is 2.67. The SMILES string of the molecule is O=C(Cc1ccccc1F)Nc1ncc(Br)s1. The number of hydrogen-bond acceptors (Lipinski definition) is 3. The molecule has 0 bridgehead atoms. The predicted molar refractivity (Wildman–Crippen MR) is 68.5 cm³/mol. The first-order chi connectivity index (χ1) is 8.15. The summed E-state index contributed by atoms with van der Waals surface area (Å²) < 4.78 is 14.1. The Morgan fingerprint density at radius 1 is 1.47 bits per heavy atom. The zero-order chi connectivity index (χ0) is 12.3. The van der Waals surface area contributed by atoms with Crippen molar-refractivity contribution in [3.63, 3.8) is 0 Å². The van der Waals surface area contributed by atoms with Gasteiger partial charge in [0.2, 0.25) is 5.91 Å².